The highest BCUT2D eigenvalue weighted by atomic mass is 79.9. The normalized spacial score (nSPS) is 18.3. The van der Waals surface area contributed by atoms with E-state index in [9.17, 15) is 4.79 Å². The Hall–Kier alpha value is -1.73. The topological polar surface area (TPSA) is 62.5 Å². The van der Waals surface area contributed by atoms with Crippen LogP contribution in [0.3, 0.4) is 0 Å². The molecule has 0 bridgehead atoms. The highest BCUT2D eigenvalue weighted by Crippen LogP contribution is 2.27. The summed E-state index contributed by atoms with van der Waals surface area (Å²) in [6.45, 7) is 1.37. The third kappa shape index (κ3) is 3.45. The van der Waals surface area contributed by atoms with Gasteiger partial charge in [-0.25, -0.2) is 0 Å². The maximum Gasteiger partial charge on any atom is 0.248 e. The number of aromatic nitrogens is 2. The van der Waals surface area contributed by atoms with Gasteiger partial charge >= 0.3 is 0 Å². The number of benzene rings is 1. The van der Waals surface area contributed by atoms with Crippen molar-refractivity contribution in [3.05, 3.63) is 34.6 Å². The lowest BCUT2D eigenvalue weighted by Gasteiger charge is -2.24. The van der Waals surface area contributed by atoms with Gasteiger partial charge < -0.3 is 9.32 Å². The Morgan fingerprint density at radius 2 is 2.17 bits per heavy atom. The minimum absolute atomic E-state index is 0.0937. The van der Waals surface area contributed by atoms with Crippen molar-refractivity contribution in [2.45, 2.75) is 25.4 Å². The van der Waals surface area contributed by atoms with Gasteiger partial charge in [0.1, 0.15) is 0 Å². The van der Waals surface area contributed by atoms with Crippen LogP contribution < -0.4 is 0 Å². The molecule has 1 aliphatic heterocycles. The van der Waals surface area contributed by atoms with Crippen LogP contribution >= 0.6 is 15.9 Å². The van der Waals surface area contributed by atoms with Gasteiger partial charge in [-0.1, -0.05) is 12.1 Å². The third-order valence-corrected chi connectivity index (χ3v) is 4.69. The fourth-order valence-corrected chi connectivity index (χ4v) is 3.28. The number of nitrogens with zero attached hydrogens (tertiary/aromatic N) is 4. The van der Waals surface area contributed by atoms with E-state index in [0.29, 0.717) is 18.3 Å². The van der Waals surface area contributed by atoms with Gasteiger partial charge in [0.15, 0.2) is 0 Å². The summed E-state index contributed by atoms with van der Waals surface area (Å²) in [4.78, 5) is 16.0. The molecule has 1 amide bonds. The highest BCUT2D eigenvalue weighted by molar-refractivity contribution is 9.10. The SMILES string of the molecule is CN(C)C(=O)C1CCCN1Cc1nnc(-c2ccccc2Br)o1. The maximum absolute atomic E-state index is 12.2. The van der Waals surface area contributed by atoms with Gasteiger partial charge in [-0.15, -0.1) is 10.2 Å². The van der Waals surface area contributed by atoms with Gasteiger partial charge in [-0.05, 0) is 47.4 Å². The molecule has 0 spiro atoms. The molecule has 1 aromatic heterocycles. The van der Waals surface area contributed by atoms with Crippen LogP contribution in [-0.4, -0.2) is 52.6 Å². The summed E-state index contributed by atoms with van der Waals surface area (Å²) >= 11 is 3.49. The van der Waals surface area contributed by atoms with E-state index in [2.05, 4.69) is 31.0 Å². The number of hydrogen-bond donors (Lipinski definition) is 0. The van der Waals surface area contributed by atoms with Crippen molar-refractivity contribution in [2.75, 3.05) is 20.6 Å². The average molecular weight is 379 g/mol. The van der Waals surface area contributed by atoms with Crippen LogP contribution in [0.25, 0.3) is 11.5 Å². The van der Waals surface area contributed by atoms with Crippen LogP contribution in [-0.2, 0) is 11.3 Å². The molecular weight excluding hydrogens is 360 g/mol. The van der Waals surface area contributed by atoms with Crippen LogP contribution in [0.5, 0.6) is 0 Å². The second-order valence-corrected chi connectivity index (χ2v) is 6.70. The smallest absolute Gasteiger partial charge is 0.248 e. The molecule has 1 aromatic carbocycles. The Labute approximate surface area is 143 Å². The molecular formula is C16H19BrN4O2. The predicted molar refractivity (Wildman–Crippen MR) is 89.6 cm³/mol. The Balaban J connectivity index is 1.74. The molecule has 6 nitrogen and oxygen atoms in total. The van der Waals surface area contributed by atoms with Gasteiger partial charge in [0.2, 0.25) is 17.7 Å². The van der Waals surface area contributed by atoms with E-state index in [4.69, 9.17) is 4.42 Å². The molecule has 1 unspecified atom stereocenters. The number of carbonyl (C=O) groups is 1. The highest BCUT2D eigenvalue weighted by Gasteiger charge is 2.32. The molecule has 0 aliphatic carbocycles. The van der Waals surface area contributed by atoms with Crippen molar-refractivity contribution < 1.29 is 9.21 Å². The van der Waals surface area contributed by atoms with E-state index in [-0.39, 0.29) is 11.9 Å². The number of halogens is 1. The largest absolute Gasteiger partial charge is 0.419 e. The molecule has 7 heteroatoms. The van der Waals surface area contributed by atoms with E-state index >= 15 is 0 Å². The fraction of sp³-hybridized carbons (Fsp3) is 0.438. The van der Waals surface area contributed by atoms with Gasteiger partial charge in [-0.2, -0.15) is 0 Å². The van der Waals surface area contributed by atoms with E-state index in [1.807, 2.05) is 24.3 Å². The summed E-state index contributed by atoms with van der Waals surface area (Å²) < 4.78 is 6.70. The van der Waals surface area contributed by atoms with Crippen LogP contribution in [0.2, 0.25) is 0 Å². The lowest BCUT2D eigenvalue weighted by atomic mass is 10.2. The zero-order valence-corrected chi connectivity index (χ0v) is 14.8. The predicted octanol–water partition coefficient (Wildman–Crippen LogP) is 2.55. The van der Waals surface area contributed by atoms with E-state index in [1.54, 1.807) is 19.0 Å². The zero-order valence-electron chi connectivity index (χ0n) is 13.2. The molecule has 122 valence electrons. The average Bonchev–Trinajstić information content (AvgIpc) is 3.17. The van der Waals surface area contributed by atoms with Crippen molar-refractivity contribution in [1.29, 1.82) is 0 Å². The molecule has 1 atom stereocenters. The number of rotatable bonds is 4. The molecule has 2 aromatic rings. The van der Waals surface area contributed by atoms with Gasteiger partial charge in [0.05, 0.1) is 18.2 Å². The van der Waals surface area contributed by atoms with Crippen molar-refractivity contribution in [3.63, 3.8) is 0 Å². The molecule has 1 fully saturated rings. The summed E-state index contributed by atoms with van der Waals surface area (Å²) in [7, 11) is 3.58. The summed E-state index contributed by atoms with van der Waals surface area (Å²) in [5.41, 5.74) is 0.869. The van der Waals surface area contributed by atoms with Crippen LogP contribution in [0.1, 0.15) is 18.7 Å². The number of hydrogen-bond acceptors (Lipinski definition) is 5. The van der Waals surface area contributed by atoms with Gasteiger partial charge in [0, 0.05) is 18.6 Å². The Kier molecular flexibility index (Phi) is 4.77. The van der Waals surface area contributed by atoms with Gasteiger partial charge in [0.25, 0.3) is 0 Å². The van der Waals surface area contributed by atoms with Crippen molar-refractivity contribution in [3.8, 4) is 11.5 Å². The lowest BCUT2D eigenvalue weighted by molar-refractivity contribution is -0.133. The van der Waals surface area contributed by atoms with Crippen molar-refractivity contribution in [1.82, 2.24) is 20.0 Å². The number of amides is 1. The Morgan fingerprint density at radius 1 is 1.39 bits per heavy atom. The van der Waals surface area contributed by atoms with Crippen molar-refractivity contribution in [2.24, 2.45) is 0 Å². The molecule has 2 heterocycles. The van der Waals surface area contributed by atoms with Crippen molar-refractivity contribution >= 4 is 21.8 Å². The molecule has 1 saturated heterocycles. The lowest BCUT2D eigenvalue weighted by Crippen LogP contribution is -2.42. The molecule has 0 radical (unpaired) electrons. The van der Waals surface area contributed by atoms with E-state index < -0.39 is 0 Å². The number of likely N-dealkylation sites (tertiary alicyclic amines) is 1. The fourth-order valence-electron chi connectivity index (χ4n) is 2.83. The quantitative estimate of drug-likeness (QED) is 0.817. The molecule has 23 heavy (non-hydrogen) atoms. The maximum atomic E-state index is 12.2. The van der Waals surface area contributed by atoms with Crippen LogP contribution in [0, 0.1) is 0 Å². The molecule has 0 N–H and O–H groups in total. The first-order valence-electron chi connectivity index (χ1n) is 7.59. The standard InChI is InChI=1S/C16H19BrN4O2/c1-20(2)16(22)13-8-5-9-21(13)10-14-18-19-15(23-14)11-6-3-4-7-12(11)17/h3-4,6-7,13H,5,8-10H2,1-2H3. The van der Waals surface area contributed by atoms with Gasteiger partial charge in [-0.3, -0.25) is 9.69 Å². The summed E-state index contributed by atoms with van der Waals surface area (Å²) in [6, 6.07) is 7.63. The molecule has 3 rings (SSSR count). The Bertz CT molecular complexity index is 701. The first kappa shape index (κ1) is 16.1. The monoisotopic (exact) mass is 378 g/mol. The molecule has 1 aliphatic rings. The summed E-state index contributed by atoms with van der Waals surface area (Å²) in [5, 5.41) is 8.26. The summed E-state index contributed by atoms with van der Waals surface area (Å²) in [5.74, 6) is 1.16. The first-order valence-corrected chi connectivity index (χ1v) is 8.38. The second-order valence-electron chi connectivity index (χ2n) is 5.84. The van der Waals surface area contributed by atoms with E-state index in [1.165, 1.54) is 0 Å². The van der Waals surface area contributed by atoms with Crippen LogP contribution in [0.15, 0.2) is 33.2 Å². The minimum atomic E-state index is -0.0937. The zero-order chi connectivity index (χ0) is 16.4. The number of likely N-dealkylation sites (N-methyl/N-ethyl adjacent to an activating group) is 1. The van der Waals surface area contributed by atoms with Crippen LogP contribution in [0.4, 0.5) is 0 Å². The third-order valence-electron chi connectivity index (χ3n) is 4.00. The minimum Gasteiger partial charge on any atom is -0.419 e. The number of carbonyl (C=O) groups excluding carboxylic acids is 1. The van der Waals surface area contributed by atoms with E-state index in [0.717, 1.165) is 29.4 Å². The second kappa shape index (κ2) is 6.80. The molecule has 0 saturated carbocycles. The Morgan fingerprint density at radius 3 is 2.91 bits per heavy atom. The first-order chi connectivity index (χ1) is 11.1. The summed E-state index contributed by atoms with van der Waals surface area (Å²) in [6.07, 6.45) is 1.89.